The number of anilines is 1. The van der Waals surface area contributed by atoms with Gasteiger partial charge in [-0.3, -0.25) is 4.79 Å². The van der Waals surface area contributed by atoms with Crippen LogP contribution >= 0.6 is 11.6 Å². The van der Waals surface area contributed by atoms with Crippen LogP contribution in [0.2, 0.25) is 5.02 Å². The SMILES string of the molecule is CC1OCCC1NC(=O)c1ccc(N)c(Cl)c1. The molecule has 1 aromatic carbocycles. The number of ether oxygens (including phenoxy) is 1. The summed E-state index contributed by atoms with van der Waals surface area (Å²) in [5, 5.41) is 3.32. The van der Waals surface area contributed by atoms with Gasteiger partial charge in [0.1, 0.15) is 0 Å². The Morgan fingerprint density at radius 1 is 1.59 bits per heavy atom. The molecule has 2 atom stereocenters. The van der Waals surface area contributed by atoms with Crippen molar-refractivity contribution in [2.75, 3.05) is 12.3 Å². The Bertz CT molecular complexity index is 437. The lowest BCUT2D eigenvalue weighted by Gasteiger charge is -2.16. The maximum Gasteiger partial charge on any atom is 0.251 e. The lowest BCUT2D eigenvalue weighted by Crippen LogP contribution is -2.39. The first-order valence-corrected chi connectivity index (χ1v) is 5.93. The van der Waals surface area contributed by atoms with E-state index in [9.17, 15) is 4.79 Å². The third kappa shape index (κ3) is 2.70. The molecule has 4 nitrogen and oxygen atoms in total. The van der Waals surface area contributed by atoms with E-state index in [1.165, 1.54) is 0 Å². The van der Waals surface area contributed by atoms with Gasteiger partial charge in [-0.2, -0.15) is 0 Å². The number of rotatable bonds is 2. The van der Waals surface area contributed by atoms with Crippen molar-refractivity contribution in [2.24, 2.45) is 0 Å². The van der Waals surface area contributed by atoms with Gasteiger partial charge in [0, 0.05) is 12.2 Å². The van der Waals surface area contributed by atoms with E-state index in [0.29, 0.717) is 22.9 Å². The van der Waals surface area contributed by atoms with Crippen molar-refractivity contribution in [1.82, 2.24) is 5.32 Å². The van der Waals surface area contributed by atoms with Crippen LogP contribution in [0.5, 0.6) is 0 Å². The van der Waals surface area contributed by atoms with Crippen LogP contribution in [0.4, 0.5) is 5.69 Å². The smallest absolute Gasteiger partial charge is 0.251 e. The molecular weight excluding hydrogens is 240 g/mol. The van der Waals surface area contributed by atoms with Crippen molar-refractivity contribution in [3.05, 3.63) is 28.8 Å². The molecule has 1 fully saturated rings. The molecule has 1 saturated heterocycles. The minimum atomic E-state index is -0.144. The molecule has 0 bridgehead atoms. The second kappa shape index (κ2) is 4.94. The van der Waals surface area contributed by atoms with Gasteiger partial charge in [-0.15, -0.1) is 0 Å². The maximum absolute atomic E-state index is 11.9. The molecule has 5 heteroatoms. The largest absolute Gasteiger partial charge is 0.398 e. The summed E-state index contributed by atoms with van der Waals surface area (Å²) >= 11 is 5.87. The molecule has 1 aliphatic rings. The molecule has 92 valence electrons. The maximum atomic E-state index is 11.9. The van der Waals surface area contributed by atoms with Gasteiger partial charge in [0.2, 0.25) is 0 Å². The zero-order chi connectivity index (χ0) is 12.4. The molecule has 0 aromatic heterocycles. The van der Waals surface area contributed by atoms with Crippen LogP contribution in [0.3, 0.4) is 0 Å². The second-order valence-corrected chi connectivity index (χ2v) is 4.59. The summed E-state index contributed by atoms with van der Waals surface area (Å²) in [6, 6.07) is 4.94. The van der Waals surface area contributed by atoms with E-state index in [1.807, 2.05) is 6.92 Å². The van der Waals surface area contributed by atoms with Gasteiger partial charge >= 0.3 is 0 Å². The highest BCUT2D eigenvalue weighted by Crippen LogP contribution is 2.20. The number of carbonyl (C=O) groups is 1. The summed E-state index contributed by atoms with van der Waals surface area (Å²) in [6.07, 6.45) is 0.901. The molecule has 0 saturated carbocycles. The fourth-order valence-electron chi connectivity index (χ4n) is 1.84. The summed E-state index contributed by atoms with van der Waals surface area (Å²) in [7, 11) is 0. The average Bonchev–Trinajstić information content (AvgIpc) is 2.68. The van der Waals surface area contributed by atoms with Crippen molar-refractivity contribution in [2.45, 2.75) is 25.5 Å². The van der Waals surface area contributed by atoms with Crippen LogP contribution in [0, 0.1) is 0 Å². The van der Waals surface area contributed by atoms with Gasteiger partial charge in [-0.25, -0.2) is 0 Å². The lowest BCUT2D eigenvalue weighted by molar-refractivity contribution is 0.0866. The number of nitrogens with one attached hydrogen (secondary N) is 1. The van der Waals surface area contributed by atoms with Crippen molar-refractivity contribution >= 4 is 23.2 Å². The van der Waals surface area contributed by atoms with Gasteiger partial charge in [0.25, 0.3) is 5.91 Å². The van der Waals surface area contributed by atoms with E-state index in [-0.39, 0.29) is 18.1 Å². The van der Waals surface area contributed by atoms with Crippen LogP contribution in [-0.4, -0.2) is 24.7 Å². The molecule has 2 unspecified atom stereocenters. The van der Waals surface area contributed by atoms with E-state index in [0.717, 1.165) is 6.42 Å². The van der Waals surface area contributed by atoms with Crippen molar-refractivity contribution in [1.29, 1.82) is 0 Å². The molecule has 1 aromatic rings. The molecular formula is C12H15ClN2O2. The number of nitrogens with two attached hydrogens (primary N) is 1. The Hall–Kier alpha value is -1.26. The number of nitrogen functional groups attached to an aromatic ring is 1. The fourth-order valence-corrected chi connectivity index (χ4v) is 2.02. The summed E-state index contributed by atoms with van der Waals surface area (Å²) in [5.41, 5.74) is 6.58. The third-order valence-corrected chi connectivity index (χ3v) is 3.28. The summed E-state index contributed by atoms with van der Waals surface area (Å²) in [4.78, 5) is 11.9. The second-order valence-electron chi connectivity index (χ2n) is 4.18. The number of hydrogen-bond acceptors (Lipinski definition) is 3. The lowest BCUT2D eigenvalue weighted by atomic mass is 10.1. The molecule has 3 N–H and O–H groups in total. The molecule has 1 amide bonds. The molecule has 0 radical (unpaired) electrons. The Kier molecular flexibility index (Phi) is 3.54. The summed E-state index contributed by atoms with van der Waals surface area (Å²) < 4.78 is 5.38. The van der Waals surface area contributed by atoms with Gasteiger partial charge < -0.3 is 15.8 Å². The van der Waals surface area contributed by atoms with Crippen LogP contribution in [-0.2, 0) is 4.74 Å². The Labute approximate surface area is 105 Å². The Morgan fingerprint density at radius 2 is 2.35 bits per heavy atom. The molecule has 0 spiro atoms. The third-order valence-electron chi connectivity index (χ3n) is 2.96. The average molecular weight is 255 g/mol. The molecule has 1 heterocycles. The number of carbonyl (C=O) groups excluding carboxylic acids is 1. The van der Waals surface area contributed by atoms with E-state index >= 15 is 0 Å². The zero-order valence-electron chi connectivity index (χ0n) is 9.57. The van der Waals surface area contributed by atoms with E-state index in [2.05, 4.69) is 5.32 Å². The Balaban J connectivity index is 2.06. The monoisotopic (exact) mass is 254 g/mol. The number of hydrogen-bond donors (Lipinski definition) is 2. The van der Waals surface area contributed by atoms with Crippen LogP contribution in [0.25, 0.3) is 0 Å². The van der Waals surface area contributed by atoms with E-state index < -0.39 is 0 Å². The standard InChI is InChI=1S/C12H15ClN2O2/c1-7-11(4-5-17-7)15-12(16)8-2-3-10(14)9(13)6-8/h2-3,6-7,11H,4-5,14H2,1H3,(H,15,16). The topological polar surface area (TPSA) is 64.3 Å². The molecule has 0 aliphatic carbocycles. The number of amides is 1. The minimum Gasteiger partial charge on any atom is -0.398 e. The first kappa shape index (κ1) is 12.2. The van der Waals surface area contributed by atoms with Crippen molar-refractivity contribution < 1.29 is 9.53 Å². The number of halogens is 1. The van der Waals surface area contributed by atoms with Crippen LogP contribution in [0.1, 0.15) is 23.7 Å². The summed E-state index contributed by atoms with van der Waals surface area (Å²) in [6.45, 7) is 2.64. The predicted octanol–water partition coefficient (Wildman–Crippen LogP) is 1.83. The molecule has 1 aliphatic heterocycles. The van der Waals surface area contributed by atoms with Gasteiger partial charge in [0.05, 0.1) is 22.9 Å². The predicted molar refractivity (Wildman–Crippen MR) is 67.1 cm³/mol. The Morgan fingerprint density at radius 3 is 2.94 bits per heavy atom. The number of benzene rings is 1. The highest BCUT2D eigenvalue weighted by molar-refractivity contribution is 6.33. The zero-order valence-corrected chi connectivity index (χ0v) is 10.3. The quantitative estimate of drug-likeness (QED) is 0.792. The fraction of sp³-hybridized carbons (Fsp3) is 0.417. The summed E-state index contributed by atoms with van der Waals surface area (Å²) in [5.74, 6) is -0.144. The first-order valence-electron chi connectivity index (χ1n) is 5.55. The van der Waals surface area contributed by atoms with Crippen molar-refractivity contribution in [3.63, 3.8) is 0 Å². The van der Waals surface area contributed by atoms with Crippen LogP contribution < -0.4 is 11.1 Å². The van der Waals surface area contributed by atoms with E-state index in [4.69, 9.17) is 22.1 Å². The highest BCUT2D eigenvalue weighted by atomic mass is 35.5. The van der Waals surface area contributed by atoms with Gasteiger partial charge in [-0.05, 0) is 31.5 Å². The van der Waals surface area contributed by atoms with Crippen LogP contribution in [0.15, 0.2) is 18.2 Å². The molecule has 17 heavy (non-hydrogen) atoms. The minimum absolute atomic E-state index is 0.0585. The molecule has 2 rings (SSSR count). The van der Waals surface area contributed by atoms with E-state index in [1.54, 1.807) is 18.2 Å². The highest BCUT2D eigenvalue weighted by Gasteiger charge is 2.25. The first-order chi connectivity index (χ1) is 8.08. The normalized spacial score (nSPS) is 23.6. The van der Waals surface area contributed by atoms with Gasteiger partial charge in [-0.1, -0.05) is 11.6 Å². The van der Waals surface area contributed by atoms with Gasteiger partial charge in [0.15, 0.2) is 0 Å². The van der Waals surface area contributed by atoms with Crippen molar-refractivity contribution in [3.8, 4) is 0 Å².